The molecule has 6 heteroatoms. The summed E-state index contributed by atoms with van der Waals surface area (Å²) in [5, 5.41) is 0.570. The molecule has 0 saturated heterocycles. The highest BCUT2D eigenvalue weighted by molar-refractivity contribution is 5.79. The number of hydrogen-bond donors (Lipinski definition) is 0. The molecular weight excluding hydrogens is 438 g/mol. The summed E-state index contributed by atoms with van der Waals surface area (Å²) < 4.78 is 6.96. The minimum Gasteiger partial charge on any atom is -0.385 e. The second kappa shape index (κ2) is 12.6. The molecule has 6 nitrogen and oxygen atoms in total. The van der Waals surface area contributed by atoms with E-state index in [1.165, 1.54) is 0 Å². The Bertz CT molecular complexity index is 1200. The number of ether oxygens (including phenoxy) is 1. The Morgan fingerprint density at radius 1 is 1.09 bits per heavy atom. The minimum absolute atomic E-state index is 0.0966. The highest BCUT2D eigenvalue weighted by Crippen LogP contribution is 2.26. The minimum atomic E-state index is -0.372. The number of para-hydroxylation sites is 1. The van der Waals surface area contributed by atoms with Gasteiger partial charge in [-0.05, 0) is 57.4 Å². The number of aromatic nitrogens is 2. The number of hydrogen-bond acceptors (Lipinski definition) is 4. The van der Waals surface area contributed by atoms with Crippen LogP contribution in [0.4, 0.5) is 0 Å². The molecule has 0 saturated carbocycles. The van der Waals surface area contributed by atoms with E-state index in [0.717, 1.165) is 48.9 Å². The van der Waals surface area contributed by atoms with Gasteiger partial charge in [0.1, 0.15) is 5.82 Å². The van der Waals surface area contributed by atoms with Crippen molar-refractivity contribution in [2.75, 3.05) is 20.3 Å². The summed E-state index contributed by atoms with van der Waals surface area (Å²) in [5.41, 5.74) is 3.46. The van der Waals surface area contributed by atoms with Gasteiger partial charge in [0.25, 0.3) is 5.56 Å². The number of fused-ring (bicyclic) bond motifs is 1. The van der Waals surface area contributed by atoms with Gasteiger partial charge in [0.15, 0.2) is 0 Å². The molecule has 3 rings (SSSR count). The van der Waals surface area contributed by atoms with Crippen LogP contribution in [0, 0.1) is 13.8 Å². The molecule has 0 fully saturated rings. The first-order valence-corrected chi connectivity index (χ1v) is 12.8. The molecule has 1 amide bonds. The summed E-state index contributed by atoms with van der Waals surface area (Å²) in [5.74, 6) is 0.680. The lowest BCUT2D eigenvalue weighted by Gasteiger charge is -2.31. The smallest absolute Gasteiger partial charge is 0.266 e. The Balaban J connectivity index is 2.11. The highest BCUT2D eigenvalue weighted by Gasteiger charge is 2.26. The average Bonchev–Trinajstić information content (AvgIpc) is 2.84. The summed E-state index contributed by atoms with van der Waals surface area (Å²) in [4.78, 5) is 34.0. The van der Waals surface area contributed by atoms with Crippen LogP contribution in [-0.4, -0.2) is 40.6 Å². The van der Waals surface area contributed by atoms with E-state index >= 15 is 0 Å². The van der Waals surface area contributed by atoms with E-state index in [1.54, 1.807) is 11.7 Å². The van der Waals surface area contributed by atoms with Crippen molar-refractivity contribution >= 4 is 16.8 Å². The first kappa shape index (κ1) is 26.6. The number of carbonyl (C=O) groups is 1. The first-order valence-electron chi connectivity index (χ1n) is 12.8. The molecule has 3 aromatic rings. The number of methoxy groups -OCH3 is 1. The molecule has 2 aromatic carbocycles. The fourth-order valence-corrected chi connectivity index (χ4v) is 4.62. The molecule has 1 aromatic heterocycles. The standard InChI is InChI=1S/C29H39N3O3/c1-6-7-8-9-15-27(33)31(18-12-19-35-5)23(4)28-30-25-14-11-10-13-24(25)29(34)32(28)26-17-16-21(2)20-22(26)3/h10-11,13-14,16-17,20,23H,6-9,12,15,18-19H2,1-5H3. The maximum Gasteiger partial charge on any atom is 0.266 e. The van der Waals surface area contributed by atoms with E-state index in [1.807, 2.05) is 62.1 Å². The summed E-state index contributed by atoms with van der Waals surface area (Å²) in [7, 11) is 1.67. The van der Waals surface area contributed by atoms with Crippen molar-refractivity contribution in [1.29, 1.82) is 0 Å². The van der Waals surface area contributed by atoms with Gasteiger partial charge >= 0.3 is 0 Å². The van der Waals surface area contributed by atoms with Gasteiger partial charge in [-0.3, -0.25) is 14.2 Å². The zero-order chi connectivity index (χ0) is 25.4. The van der Waals surface area contributed by atoms with Crippen LogP contribution in [0.25, 0.3) is 16.6 Å². The molecule has 0 spiro atoms. The third kappa shape index (κ3) is 6.37. The molecule has 0 aliphatic carbocycles. The number of rotatable bonds is 12. The molecule has 0 bridgehead atoms. The van der Waals surface area contributed by atoms with E-state index in [0.29, 0.717) is 36.3 Å². The van der Waals surface area contributed by atoms with Crippen molar-refractivity contribution in [3.63, 3.8) is 0 Å². The van der Waals surface area contributed by atoms with E-state index in [-0.39, 0.29) is 17.5 Å². The zero-order valence-corrected chi connectivity index (χ0v) is 21.8. The Morgan fingerprint density at radius 2 is 1.86 bits per heavy atom. The van der Waals surface area contributed by atoms with Crippen LogP contribution in [0.15, 0.2) is 47.3 Å². The van der Waals surface area contributed by atoms with Gasteiger partial charge in [-0.25, -0.2) is 4.98 Å². The summed E-state index contributed by atoms with van der Waals surface area (Å²) in [6.45, 7) is 9.31. The SMILES string of the molecule is CCCCCCC(=O)N(CCCOC)C(C)c1nc2ccccc2c(=O)n1-c1ccc(C)cc1C. The molecular formula is C29H39N3O3. The Kier molecular flexibility index (Phi) is 9.61. The quantitative estimate of drug-likeness (QED) is 0.305. The van der Waals surface area contributed by atoms with Crippen LogP contribution in [0.3, 0.4) is 0 Å². The van der Waals surface area contributed by atoms with Crippen LogP contribution in [0.1, 0.15) is 75.4 Å². The summed E-state index contributed by atoms with van der Waals surface area (Å²) in [6, 6.07) is 13.1. The van der Waals surface area contributed by atoms with Crippen LogP contribution in [-0.2, 0) is 9.53 Å². The third-order valence-corrected chi connectivity index (χ3v) is 6.55. The third-order valence-electron chi connectivity index (χ3n) is 6.55. The van der Waals surface area contributed by atoms with Crippen LogP contribution < -0.4 is 5.56 Å². The predicted molar refractivity (Wildman–Crippen MR) is 142 cm³/mol. The normalized spacial score (nSPS) is 12.1. The summed E-state index contributed by atoms with van der Waals surface area (Å²) >= 11 is 0. The lowest BCUT2D eigenvalue weighted by atomic mass is 10.1. The van der Waals surface area contributed by atoms with E-state index < -0.39 is 0 Å². The lowest BCUT2D eigenvalue weighted by molar-refractivity contribution is -0.134. The van der Waals surface area contributed by atoms with Crippen molar-refractivity contribution in [2.45, 2.75) is 72.3 Å². The molecule has 1 atom stereocenters. The van der Waals surface area contributed by atoms with Crippen molar-refractivity contribution in [2.24, 2.45) is 0 Å². The van der Waals surface area contributed by atoms with E-state index in [2.05, 4.69) is 13.0 Å². The summed E-state index contributed by atoms with van der Waals surface area (Å²) in [6.07, 6.45) is 5.40. The van der Waals surface area contributed by atoms with Gasteiger partial charge in [-0.1, -0.05) is 56.0 Å². The number of unbranched alkanes of at least 4 members (excludes halogenated alkanes) is 3. The Morgan fingerprint density at radius 3 is 2.57 bits per heavy atom. The number of amides is 1. The number of aryl methyl sites for hydroxylation is 2. The topological polar surface area (TPSA) is 64.4 Å². The molecule has 1 unspecified atom stereocenters. The molecule has 0 N–H and O–H groups in total. The Hall–Kier alpha value is -2.99. The van der Waals surface area contributed by atoms with Gasteiger partial charge in [-0.2, -0.15) is 0 Å². The maximum absolute atomic E-state index is 13.8. The predicted octanol–water partition coefficient (Wildman–Crippen LogP) is 5.90. The van der Waals surface area contributed by atoms with Gasteiger partial charge in [0, 0.05) is 26.7 Å². The number of carbonyl (C=O) groups excluding carboxylic acids is 1. The van der Waals surface area contributed by atoms with Crippen LogP contribution in [0.2, 0.25) is 0 Å². The van der Waals surface area contributed by atoms with Crippen molar-refractivity contribution in [1.82, 2.24) is 14.5 Å². The molecule has 188 valence electrons. The van der Waals surface area contributed by atoms with E-state index in [9.17, 15) is 9.59 Å². The van der Waals surface area contributed by atoms with E-state index in [4.69, 9.17) is 9.72 Å². The van der Waals surface area contributed by atoms with Crippen LogP contribution in [0.5, 0.6) is 0 Å². The number of benzene rings is 2. The highest BCUT2D eigenvalue weighted by atomic mass is 16.5. The maximum atomic E-state index is 13.8. The zero-order valence-electron chi connectivity index (χ0n) is 21.8. The Labute approximate surface area is 208 Å². The number of nitrogens with zero attached hydrogens (tertiary/aromatic N) is 3. The van der Waals surface area contributed by atoms with Gasteiger partial charge in [-0.15, -0.1) is 0 Å². The molecule has 35 heavy (non-hydrogen) atoms. The largest absolute Gasteiger partial charge is 0.385 e. The first-order chi connectivity index (χ1) is 16.9. The average molecular weight is 478 g/mol. The molecule has 1 heterocycles. The van der Waals surface area contributed by atoms with Crippen molar-refractivity contribution in [3.05, 3.63) is 69.8 Å². The molecule has 0 radical (unpaired) electrons. The fourth-order valence-electron chi connectivity index (χ4n) is 4.62. The van der Waals surface area contributed by atoms with Crippen molar-refractivity contribution < 1.29 is 9.53 Å². The monoisotopic (exact) mass is 477 g/mol. The molecule has 0 aliphatic rings. The van der Waals surface area contributed by atoms with Gasteiger partial charge in [0.05, 0.1) is 22.6 Å². The van der Waals surface area contributed by atoms with Gasteiger partial charge in [0.2, 0.25) is 5.91 Å². The van der Waals surface area contributed by atoms with Gasteiger partial charge < -0.3 is 9.64 Å². The van der Waals surface area contributed by atoms with Crippen molar-refractivity contribution in [3.8, 4) is 5.69 Å². The second-order valence-corrected chi connectivity index (χ2v) is 9.34. The fraction of sp³-hybridized carbons (Fsp3) is 0.483. The second-order valence-electron chi connectivity index (χ2n) is 9.34. The lowest BCUT2D eigenvalue weighted by Crippen LogP contribution is -2.38. The van der Waals surface area contributed by atoms with Crippen LogP contribution >= 0.6 is 0 Å². The molecule has 0 aliphatic heterocycles.